The normalized spacial score (nSPS) is 17.7. The second kappa shape index (κ2) is 5.37. The van der Waals surface area contributed by atoms with Crippen molar-refractivity contribution in [3.63, 3.8) is 0 Å². The maximum atomic E-state index is 11.8. The molecular formula is C13H13N7O3S. The summed E-state index contributed by atoms with van der Waals surface area (Å²) >= 11 is 0. The number of nitrogens with one attached hydrogen (secondary N) is 2. The zero-order valence-electron chi connectivity index (χ0n) is 12.6. The Balaban J connectivity index is 2.01. The predicted molar refractivity (Wildman–Crippen MR) is 83.6 cm³/mol. The molecule has 0 radical (unpaired) electrons. The van der Waals surface area contributed by atoms with E-state index in [1.807, 2.05) is 0 Å². The summed E-state index contributed by atoms with van der Waals surface area (Å²) in [5.41, 5.74) is 0.424. The minimum Gasteiger partial charge on any atom is -0.493 e. The Labute approximate surface area is 136 Å². The van der Waals surface area contributed by atoms with Crippen molar-refractivity contribution in [3.05, 3.63) is 33.2 Å². The van der Waals surface area contributed by atoms with Gasteiger partial charge >= 0.3 is 5.69 Å². The molecule has 4 rings (SSSR count). The number of aromatic nitrogens is 6. The Morgan fingerprint density at radius 1 is 1.42 bits per heavy atom. The lowest BCUT2D eigenvalue weighted by molar-refractivity contribution is 0.454. The number of aromatic hydroxyl groups is 1. The third-order valence-electron chi connectivity index (χ3n) is 3.49. The van der Waals surface area contributed by atoms with Gasteiger partial charge in [0.25, 0.3) is 5.62 Å². The Morgan fingerprint density at radius 2 is 2.21 bits per heavy atom. The summed E-state index contributed by atoms with van der Waals surface area (Å²) < 4.78 is 13.3. The van der Waals surface area contributed by atoms with Gasteiger partial charge in [0.2, 0.25) is 11.0 Å². The van der Waals surface area contributed by atoms with Crippen LogP contribution in [0.1, 0.15) is 18.5 Å². The Bertz CT molecular complexity index is 1140. The molecular weight excluding hydrogens is 334 g/mol. The van der Waals surface area contributed by atoms with Gasteiger partial charge in [0, 0.05) is 11.5 Å². The SMILES string of the molecule is CS(=O)c1nc(=NC2CC2)n2ncc(=Cc3[nH]c(=O)[nH]c3O)c2n1. The fraction of sp³-hybridized carbons (Fsp3) is 0.308. The number of hydrogen-bond acceptors (Lipinski definition) is 7. The van der Waals surface area contributed by atoms with E-state index in [1.165, 1.54) is 23.0 Å². The number of rotatable bonds is 3. The third-order valence-corrected chi connectivity index (χ3v) is 4.19. The first-order valence-corrected chi connectivity index (χ1v) is 8.73. The van der Waals surface area contributed by atoms with Crippen LogP contribution in [-0.2, 0) is 10.8 Å². The molecule has 124 valence electrons. The molecule has 1 unspecified atom stereocenters. The van der Waals surface area contributed by atoms with Crippen LogP contribution in [0.15, 0.2) is 21.1 Å². The van der Waals surface area contributed by atoms with Crippen molar-refractivity contribution >= 4 is 22.5 Å². The number of aromatic amines is 2. The van der Waals surface area contributed by atoms with Crippen molar-refractivity contribution < 1.29 is 9.32 Å². The molecule has 0 saturated heterocycles. The molecule has 1 fully saturated rings. The van der Waals surface area contributed by atoms with Crippen molar-refractivity contribution in [1.82, 2.24) is 29.5 Å². The molecule has 0 aliphatic heterocycles. The molecule has 0 amide bonds. The lowest BCUT2D eigenvalue weighted by atomic mass is 10.3. The number of imidazole rings is 1. The van der Waals surface area contributed by atoms with E-state index in [2.05, 4.69) is 30.0 Å². The van der Waals surface area contributed by atoms with E-state index in [-0.39, 0.29) is 22.8 Å². The van der Waals surface area contributed by atoms with Crippen LogP contribution in [0.4, 0.5) is 0 Å². The lowest BCUT2D eigenvalue weighted by Gasteiger charge is -1.98. The van der Waals surface area contributed by atoms with Crippen molar-refractivity contribution in [2.75, 3.05) is 6.26 Å². The average molecular weight is 347 g/mol. The van der Waals surface area contributed by atoms with Crippen molar-refractivity contribution in [1.29, 1.82) is 0 Å². The molecule has 3 N–H and O–H groups in total. The highest BCUT2D eigenvalue weighted by Gasteiger charge is 2.21. The number of fused-ring (bicyclic) bond motifs is 1. The van der Waals surface area contributed by atoms with E-state index in [1.54, 1.807) is 0 Å². The van der Waals surface area contributed by atoms with Gasteiger partial charge < -0.3 is 10.1 Å². The molecule has 0 bridgehead atoms. The fourth-order valence-corrected chi connectivity index (χ4v) is 2.62. The number of nitrogens with zero attached hydrogens (tertiary/aromatic N) is 5. The van der Waals surface area contributed by atoms with Gasteiger partial charge in [0.15, 0.2) is 5.65 Å². The van der Waals surface area contributed by atoms with Crippen LogP contribution in [0.2, 0.25) is 0 Å². The van der Waals surface area contributed by atoms with Gasteiger partial charge in [0.1, 0.15) is 5.69 Å². The maximum absolute atomic E-state index is 11.8. The van der Waals surface area contributed by atoms with Gasteiger partial charge in [-0.15, -0.1) is 0 Å². The van der Waals surface area contributed by atoms with Crippen LogP contribution in [0.3, 0.4) is 0 Å². The van der Waals surface area contributed by atoms with Crippen LogP contribution < -0.4 is 16.5 Å². The Morgan fingerprint density at radius 3 is 2.83 bits per heavy atom. The zero-order valence-corrected chi connectivity index (χ0v) is 13.4. The van der Waals surface area contributed by atoms with E-state index in [0.29, 0.717) is 16.5 Å². The summed E-state index contributed by atoms with van der Waals surface area (Å²) in [7, 11) is -1.38. The van der Waals surface area contributed by atoms with Gasteiger partial charge in [-0.05, 0) is 18.9 Å². The van der Waals surface area contributed by atoms with E-state index < -0.39 is 16.5 Å². The van der Waals surface area contributed by atoms with Crippen LogP contribution >= 0.6 is 0 Å². The van der Waals surface area contributed by atoms with Gasteiger partial charge in [-0.3, -0.25) is 9.19 Å². The van der Waals surface area contributed by atoms with E-state index in [4.69, 9.17) is 0 Å². The van der Waals surface area contributed by atoms with Crippen LogP contribution in [0.25, 0.3) is 11.7 Å². The largest absolute Gasteiger partial charge is 0.493 e. The smallest absolute Gasteiger partial charge is 0.326 e. The average Bonchev–Trinajstić information content (AvgIpc) is 3.16. The first kappa shape index (κ1) is 14.8. The molecule has 1 saturated carbocycles. The molecule has 11 heteroatoms. The molecule has 1 aliphatic carbocycles. The quantitative estimate of drug-likeness (QED) is 0.510. The van der Waals surface area contributed by atoms with Gasteiger partial charge in [-0.2, -0.15) is 19.6 Å². The maximum Gasteiger partial charge on any atom is 0.326 e. The molecule has 1 aliphatic rings. The molecule has 3 heterocycles. The number of H-pyrrole nitrogens is 2. The first-order valence-electron chi connectivity index (χ1n) is 7.17. The minimum absolute atomic E-state index is 0.156. The summed E-state index contributed by atoms with van der Waals surface area (Å²) in [6.07, 6.45) is 6.51. The minimum atomic E-state index is -1.38. The van der Waals surface area contributed by atoms with Gasteiger partial charge in [-0.25, -0.2) is 9.79 Å². The number of hydrogen-bond donors (Lipinski definition) is 3. The van der Waals surface area contributed by atoms with E-state index in [0.717, 1.165) is 12.8 Å². The lowest BCUT2D eigenvalue weighted by Crippen LogP contribution is -2.25. The highest BCUT2D eigenvalue weighted by atomic mass is 32.2. The van der Waals surface area contributed by atoms with Gasteiger partial charge in [0.05, 0.1) is 23.0 Å². The first-order chi connectivity index (χ1) is 11.5. The standard InChI is InChI=1S/C13H13N7O3S/c1-24(23)13-17-9-6(4-8-10(21)18-12(22)16-8)5-14-20(9)11(19-13)15-7-2-3-7/h4-5,7,21H,2-3H2,1H3,(H2,16,18,22). The summed E-state index contributed by atoms with van der Waals surface area (Å²) in [5, 5.41) is 14.6. The van der Waals surface area contributed by atoms with Crippen molar-refractivity contribution in [3.8, 4) is 5.88 Å². The van der Waals surface area contributed by atoms with Gasteiger partial charge in [-0.1, -0.05) is 0 Å². The van der Waals surface area contributed by atoms with Crippen molar-refractivity contribution in [2.45, 2.75) is 24.0 Å². The molecule has 0 aromatic carbocycles. The summed E-state index contributed by atoms with van der Waals surface area (Å²) in [6, 6.07) is 0.211. The summed E-state index contributed by atoms with van der Waals surface area (Å²) in [4.78, 5) is 28.9. The third kappa shape index (κ3) is 2.62. The Kier molecular flexibility index (Phi) is 3.30. The zero-order chi connectivity index (χ0) is 16.8. The van der Waals surface area contributed by atoms with Crippen LogP contribution in [-0.4, -0.2) is 51.2 Å². The molecule has 3 aromatic rings. The highest BCUT2D eigenvalue weighted by molar-refractivity contribution is 7.84. The Hall–Kier alpha value is -2.82. The van der Waals surface area contributed by atoms with E-state index >= 15 is 0 Å². The highest BCUT2D eigenvalue weighted by Crippen LogP contribution is 2.22. The molecule has 24 heavy (non-hydrogen) atoms. The van der Waals surface area contributed by atoms with Crippen LogP contribution in [0, 0.1) is 0 Å². The molecule has 10 nitrogen and oxygen atoms in total. The predicted octanol–water partition coefficient (Wildman–Crippen LogP) is -1.81. The van der Waals surface area contributed by atoms with Crippen LogP contribution in [0.5, 0.6) is 5.88 Å². The summed E-state index contributed by atoms with van der Waals surface area (Å²) in [6.45, 7) is 0. The second-order valence-corrected chi connectivity index (χ2v) is 6.72. The van der Waals surface area contributed by atoms with E-state index in [9.17, 15) is 14.1 Å². The topological polar surface area (TPSA) is 141 Å². The second-order valence-electron chi connectivity index (χ2n) is 5.44. The fourth-order valence-electron chi connectivity index (χ4n) is 2.19. The molecule has 0 spiro atoms. The monoisotopic (exact) mass is 347 g/mol. The molecule has 3 aromatic heterocycles. The molecule has 1 atom stereocenters. The summed E-state index contributed by atoms with van der Waals surface area (Å²) in [5.74, 6) is -0.282. The van der Waals surface area contributed by atoms with Crippen molar-refractivity contribution in [2.24, 2.45) is 4.99 Å².